The lowest BCUT2D eigenvalue weighted by Gasteiger charge is -2.30. The molecule has 0 atom stereocenters. The molecule has 7 heteroatoms. The van der Waals surface area contributed by atoms with E-state index in [4.69, 9.17) is 5.11 Å². The molecule has 2 saturated heterocycles. The highest BCUT2D eigenvalue weighted by molar-refractivity contribution is 5.78. The maximum Gasteiger partial charge on any atom is 0.317 e. The zero-order valence-electron chi connectivity index (χ0n) is 15.8. The second kappa shape index (κ2) is 9.71. The molecule has 1 amide bonds. The minimum atomic E-state index is -0.805. The molecule has 2 fully saturated rings. The van der Waals surface area contributed by atoms with Crippen LogP contribution in [0.1, 0.15) is 18.4 Å². The fourth-order valence-corrected chi connectivity index (χ4v) is 3.82. The van der Waals surface area contributed by atoms with Crippen molar-refractivity contribution in [3.8, 4) is 0 Å². The highest BCUT2D eigenvalue weighted by atomic mass is 16.4. The Balaban J connectivity index is 1.37. The number of anilines is 1. The zero-order chi connectivity index (χ0) is 19.1. The monoisotopic (exact) mass is 374 g/mol. The van der Waals surface area contributed by atoms with E-state index in [1.807, 2.05) is 4.90 Å². The lowest BCUT2D eigenvalue weighted by Crippen LogP contribution is -2.43. The zero-order valence-corrected chi connectivity index (χ0v) is 15.8. The number of amides is 1. The maximum absolute atomic E-state index is 12.3. The van der Waals surface area contributed by atoms with Crippen LogP contribution in [0.5, 0.6) is 0 Å². The second-order valence-electron chi connectivity index (χ2n) is 7.39. The number of nitrogens with zero attached hydrogens (tertiary/aromatic N) is 2. The highest BCUT2D eigenvalue weighted by Gasteiger charge is 2.25. The van der Waals surface area contributed by atoms with Crippen molar-refractivity contribution >= 4 is 17.6 Å². The number of likely N-dealkylation sites (tertiary alicyclic amines) is 1. The lowest BCUT2D eigenvalue weighted by molar-refractivity contribution is -0.138. The van der Waals surface area contributed by atoms with Crippen molar-refractivity contribution < 1.29 is 14.7 Å². The number of aliphatic carboxylic acids is 1. The SMILES string of the molecule is O=C(O)CN1CCC(C(=O)NCCc2ccc(N3CCNCC3)cc2)CC1. The summed E-state index contributed by atoms with van der Waals surface area (Å²) in [6.45, 7) is 6.21. The fraction of sp³-hybridized carbons (Fsp3) is 0.600. The molecule has 3 N–H and O–H groups in total. The average molecular weight is 374 g/mol. The van der Waals surface area contributed by atoms with Crippen molar-refractivity contribution in [2.45, 2.75) is 19.3 Å². The Hall–Kier alpha value is -2.12. The first-order chi connectivity index (χ1) is 13.1. The quantitative estimate of drug-likeness (QED) is 0.646. The number of piperazine rings is 1. The number of carbonyl (C=O) groups is 2. The first-order valence-electron chi connectivity index (χ1n) is 9.88. The standard InChI is InChI=1S/C20H30N4O3/c25-19(26)15-23-11-6-17(7-12-23)20(27)22-8-5-16-1-3-18(4-2-16)24-13-9-21-10-14-24/h1-4,17,21H,5-15H2,(H,22,27)(H,25,26). The van der Waals surface area contributed by atoms with Gasteiger partial charge in [0.25, 0.3) is 0 Å². The molecule has 148 valence electrons. The predicted molar refractivity (Wildman–Crippen MR) is 105 cm³/mol. The van der Waals surface area contributed by atoms with Gasteiger partial charge in [0.1, 0.15) is 0 Å². The molecule has 0 aromatic heterocycles. The average Bonchev–Trinajstić information content (AvgIpc) is 2.69. The number of nitrogens with one attached hydrogen (secondary N) is 2. The molecule has 0 unspecified atom stereocenters. The van der Waals surface area contributed by atoms with E-state index in [-0.39, 0.29) is 18.4 Å². The van der Waals surface area contributed by atoms with Gasteiger partial charge in [-0.25, -0.2) is 0 Å². The molecule has 0 radical (unpaired) electrons. The number of carbonyl (C=O) groups excluding carboxylic acids is 1. The lowest BCUT2D eigenvalue weighted by atomic mass is 9.96. The van der Waals surface area contributed by atoms with E-state index in [9.17, 15) is 9.59 Å². The van der Waals surface area contributed by atoms with Gasteiger partial charge in [-0.1, -0.05) is 12.1 Å². The van der Waals surface area contributed by atoms with Gasteiger partial charge in [-0.15, -0.1) is 0 Å². The Morgan fingerprint density at radius 3 is 2.37 bits per heavy atom. The van der Waals surface area contributed by atoms with Crippen LogP contribution in [0.2, 0.25) is 0 Å². The van der Waals surface area contributed by atoms with Gasteiger partial charge in [-0.3, -0.25) is 14.5 Å². The predicted octanol–water partition coefficient (Wildman–Crippen LogP) is 0.552. The number of carboxylic acid groups (broad SMARTS) is 1. The topological polar surface area (TPSA) is 84.9 Å². The Morgan fingerprint density at radius 2 is 1.74 bits per heavy atom. The van der Waals surface area contributed by atoms with Crippen molar-refractivity contribution in [3.63, 3.8) is 0 Å². The van der Waals surface area contributed by atoms with Crippen molar-refractivity contribution in [2.75, 3.05) is 57.3 Å². The molecule has 2 aliphatic heterocycles. The van der Waals surface area contributed by atoms with E-state index in [0.717, 1.165) is 45.4 Å². The van der Waals surface area contributed by atoms with E-state index in [2.05, 4.69) is 39.8 Å². The first-order valence-corrected chi connectivity index (χ1v) is 9.88. The van der Waals surface area contributed by atoms with E-state index in [1.165, 1.54) is 11.3 Å². The molecule has 0 bridgehead atoms. The summed E-state index contributed by atoms with van der Waals surface area (Å²) in [6, 6.07) is 8.63. The summed E-state index contributed by atoms with van der Waals surface area (Å²) in [5.74, 6) is -0.701. The van der Waals surface area contributed by atoms with Gasteiger partial charge >= 0.3 is 5.97 Å². The second-order valence-corrected chi connectivity index (χ2v) is 7.39. The van der Waals surface area contributed by atoms with Gasteiger partial charge < -0.3 is 20.6 Å². The van der Waals surface area contributed by atoms with Gasteiger partial charge in [0, 0.05) is 44.3 Å². The van der Waals surface area contributed by atoms with Crippen LogP contribution in [0.4, 0.5) is 5.69 Å². The number of carboxylic acids is 1. The molecule has 7 nitrogen and oxygen atoms in total. The van der Waals surface area contributed by atoms with Crippen LogP contribution >= 0.6 is 0 Å². The summed E-state index contributed by atoms with van der Waals surface area (Å²) in [7, 11) is 0. The Labute approximate surface area is 160 Å². The number of hydrogen-bond acceptors (Lipinski definition) is 5. The van der Waals surface area contributed by atoms with Crippen LogP contribution < -0.4 is 15.5 Å². The Bertz CT molecular complexity index is 621. The van der Waals surface area contributed by atoms with Crippen molar-refractivity contribution in [1.29, 1.82) is 0 Å². The van der Waals surface area contributed by atoms with Gasteiger partial charge in [-0.05, 0) is 50.0 Å². The largest absolute Gasteiger partial charge is 0.480 e. The van der Waals surface area contributed by atoms with Gasteiger partial charge in [0.2, 0.25) is 5.91 Å². The first kappa shape index (κ1) is 19.6. The van der Waals surface area contributed by atoms with E-state index < -0.39 is 5.97 Å². The number of rotatable bonds is 7. The summed E-state index contributed by atoms with van der Waals surface area (Å²) < 4.78 is 0. The molecule has 27 heavy (non-hydrogen) atoms. The molecule has 1 aromatic carbocycles. The number of hydrogen-bond donors (Lipinski definition) is 3. The van der Waals surface area contributed by atoms with Crippen LogP contribution in [-0.2, 0) is 16.0 Å². The minimum Gasteiger partial charge on any atom is -0.480 e. The molecule has 2 aliphatic rings. The van der Waals surface area contributed by atoms with Crippen molar-refractivity contribution in [2.24, 2.45) is 5.92 Å². The molecular formula is C20H30N4O3. The van der Waals surface area contributed by atoms with Crippen LogP contribution in [0, 0.1) is 5.92 Å². The molecule has 0 aliphatic carbocycles. The van der Waals surface area contributed by atoms with E-state index in [1.54, 1.807) is 0 Å². The van der Waals surface area contributed by atoms with Crippen molar-refractivity contribution in [1.82, 2.24) is 15.5 Å². The summed E-state index contributed by atoms with van der Waals surface area (Å²) in [5.41, 5.74) is 2.49. The van der Waals surface area contributed by atoms with Crippen LogP contribution in [0.25, 0.3) is 0 Å². The molecule has 0 spiro atoms. The summed E-state index contributed by atoms with van der Waals surface area (Å²) in [4.78, 5) is 27.3. The normalized spacial score (nSPS) is 19.0. The molecular weight excluding hydrogens is 344 g/mol. The summed E-state index contributed by atoms with van der Waals surface area (Å²) in [5, 5.41) is 15.2. The van der Waals surface area contributed by atoms with Gasteiger partial charge in [0.05, 0.1) is 6.54 Å². The van der Waals surface area contributed by atoms with Crippen molar-refractivity contribution in [3.05, 3.63) is 29.8 Å². The molecule has 0 saturated carbocycles. The maximum atomic E-state index is 12.3. The van der Waals surface area contributed by atoms with Gasteiger partial charge in [0.15, 0.2) is 0 Å². The van der Waals surface area contributed by atoms with Crippen LogP contribution in [-0.4, -0.2) is 74.2 Å². The molecule has 3 rings (SSSR count). The van der Waals surface area contributed by atoms with E-state index in [0.29, 0.717) is 19.6 Å². The molecule has 1 aromatic rings. The van der Waals surface area contributed by atoms with Crippen LogP contribution in [0.3, 0.4) is 0 Å². The van der Waals surface area contributed by atoms with E-state index >= 15 is 0 Å². The third kappa shape index (κ3) is 5.94. The Morgan fingerprint density at radius 1 is 1.07 bits per heavy atom. The fourth-order valence-electron chi connectivity index (χ4n) is 3.82. The smallest absolute Gasteiger partial charge is 0.317 e. The number of benzene rings is 1. The third-order valence-electron chi connectivity index (χ3n) is 5.45. The Kier molecular flexibility index (Phi) is 7.06. The van der Waals surface area contributed by atoms with Gasteiger partial charge in [-0.2, -0.15) is 0 Å². The number of piperidine rings is 1. The minimum absolute atomic E-state index is 0.00475. The highest BCUT2D eigenvalue weighted by Crippen LogP contribution is 2.18. The summed E-state index contributed by atoms with van der Waals surface area (Å²) in [6.07, 6.45) is 2.29. The summed E-state index contributed by atoms with van der Waals surface area (Å²) >= 11 is 0. The molecule has 2 heterocycles. The van der Waals surface area contributed by atoms with Crippen LogP contribution in [0.15, 0.2) is 24.3 Å². The third-order valence-corrected chi connectivity index (χ3v) is 5.45.